The number of nitrogens with two attached hydrogens (primary N) is 1. The Morgan fingerprint density at radius 1 is 1.25 bits per heavy atom. The van der Waals surface area contributed by atoms with E-state index in [1.165, 1.54) is 12.4 Å². The second-order valence-electron chi connectivity index (χ2n) is 5.41. The molecule has 0 amide bonds. The van der Waals surface area contributed by atoms with E-state index < -0.39 is 0 Å². The molecule has 6 heteroatoms. The summed E-state index contributed by atoms with van der Waals surface area (Å²) in [6, 6.07) is 12.7. The van der Waals surface area contributed by atoms with Gasteiger partial charge in [0, 0.05) is 40.6 Å². The highest BCUT2D eigenvalue weighted by molar-refractivity contribution is 5.89. The van der Waals surface area contributed by atoms with E-state index in [1.54, 1.807) is 18.2 Å². The predicted octanol–water partition coefficient (Wildman–Crippen LogP) is 3.07. The Kier molecular flexibility index (Phi) is 4.11. The number of hydrogen-bond acceptors (Lipinski definition) is 5. The van der Waals surface area contributed by atoms with Crippen LogP contribution >= 0.6 is 0 Å². The lowest BCUT2D eigenvalue weighted by molar-refractivity contribution is 1.20. The zero-order valence-corrected chi connectivity index (χ0v) is 13.1. The van der Waals surface area contributed by atoms with Gasteiger partial charge in [-0.1, -0.05) is 18.2 Å². The van der Waals surface area contributed by atoms with Crippen molar-refractivity contribution in [1.29, 1.82) is 5.41 Å². The number of hydrogen-bond donors (Lipinski definition) is 4. The number of anilines is 3. The van der Waals surface area contributed by atoms with Crippen LogP contribution in [0.5, 0.6) is 0 Å². The third kappa shape index (κ3) is 3.17. The van der Waals surface area contributed by atoms with Gasteiger partial charge in [0.25, 0.3) is 5.56 Å². The summed E-state index contributed by atoms with van der Waals surface area (Å²) < 4.78 is 0. The first-order chi connectivity index (χ1) is 11.6. The fraction of sp³-hybridized carbons (Fsp3) is 0.0556. The molecule has 0 radical (unpaired) electrons. The van der Waals surface area contributed by atoms with E-state index in [-0.39, 0.29) is 5.56 Å². The molecule has 0 fully saturated rings. The smallest absolute Gasteiger partial charge is 0.255 e. The normalized spacial score (nSPS) is 10.4. The van der Waals surface area contributed by atoms with Crippen LogP contribution in [-0.4, -0.2) is 16.2 Å². The van der Waals surface area contributed by atoms with E-state index in [1.807, 2.05) is 31.2 Å². The number of rotatable bonds is 4. The SMILES string of the molecule is Cc1cccc(Nc2cc(-c3cc(N)c[nH]c3=O)ccc2C=N)n1. The molecule has 2 aromatic heterocycles. The van der Waals surface area contributed by atoms with Gasteiger partial charge in [-0.05, 0) is 36.8 Å². The average molecular weight is 319 g/mol. The van der Waals surface area contributed by atoms with Crippen molar-refractivity contribution in [2.75, 3.05) is 11.1 Å². The number of H-pyrrole nitrogens is 1. The van der Waals surface area contributed by atoms with E-state index in [2.05, 4.69) is 15.3 Å². The maximum atomic E-state index is 12.1. The number of aromatic amines is 1. The molecule has 0 aliphatic carbocycles. The van der Waals surface area contributed by atoms with Crippen molar-refractivity contribution in [3.8, 4) is 11.1 Å². The number of nitrogens with one attached hydrogen (secondary N) is 3. The van der Waals surface area contributed by atoms with Crippen LogP contribution in [-0.2, 0) is 0 Å². The number of nitrogen functional groups attached to an aromatic ring is 1. The van der Waals surface area contributed by atoms with Gasteiger partial charge in [0.15, 0.2) is 0 Å². The van der Waals surface area contributed by atoms with Crippen molar-refractivity contribution in [3.05, 3.63) is 70.3 Å². The topological polar surface area (TPSA) is 108 Å². The Labute approximate surface area is 138 Å². The fourth-order valence-electron chi connectivity index (χ4n) is 2.42. The van der Waals surface area contributed by atoms with Crippen LogP contribution in [0.2, 0.25) is 0 Å². The molecule has 2 heterocycles. The molecule has 0 spiro atoms. The zero-order chi connectivity index (χ0) is 17.1. The molecule has 0 aliphatic heterocycles. The number of pyridine rings is 2. The van der Waals surface area contributed by atoms with Crippen molar-refractivity contribution in [3.63, 3.8) is 0 Å². The molecule has 6 nitrogen and oxygen atoms in total. The summed E-state index contributed by atoms with van der Waals surface area (Å²) in [5.41, 5.74) is 9.51. The molecule has 1 aromatic carbocycles. The maximum Gasteiger partial charge on any atom is 0.255 e. The highest BCUT2D eigenvalue weighted by atomic mass is 16.1. The van der Waals surface area contributed by atoms with E-state index in [9.17, 15) is 4.79 Å². The molecule has 0 atom stereocenters. The highest BCUT2D eigenvalue weighted by Gasteiger charge is 2.08. The Balaban J connectivity index is 2.07. The minimum Gasteiger partial charge on any atom is -0.398 e. The molecule has 0 bridgehead atoms. The van der Waals surface area contributed by atoms with Gasteiger partial charge in [-0.2, -0.15) is 0 Å². The Morgan fingerprint density at radius 2 is 2.08 bits per heavy atom. The second-order valence-corrected chi connectivity index (χ2v) is 5.41. The Morgan fingerprint density at radius 3 is 2.83 bits per heavy atom. The molecule has 5 N–H and O–H groups in total. The van der Waals surface area contributed by atoms with Gasteiger partial charge >= 0.3 is 0 Å². The molecule has 120 valence electrons. The van der Waals surface area contributed by atoms with Crippen molar-refractivity contribution in [2.45, 2.75) is 6.92 Å². The van der Waals surface area contributed by atoms with Crippen molar-refractivity contribution in [2.24, 2.45) is 0 Å². The summed E-state index contributed by atoms with van der Waals surface area (Å²) in [6.45, 7) is 1.91. The van der Waals surface area contributed by atoms with E-state index >= 15 is 0 Å². The third-order valence-corrected chi connectivity index (χ3v) is 3.60. The van der Waals surface area contributed by atoms with Crippen molar-refractivity contribution >= 4 is 23.4 Å². The Hall–Kier alpha value is -3.41. The molecular formula is C18H17N5O. The number of aryl methyl sites for hydroxylation is 1. The van der Waals surface area contributed by atoms with Crippen LogP contribution in [0.25, 0.3) is 11.1 Å². The van der Waals surface area contributed by atoms with Gasteiger partial charge in [0.1, 0.15) is 5.82 Å². The molecule has 24 heavy (non-hydrogen) atoms. The summed E-state index contributed by atoms with van der Waals surface area (Å²) >= 11 is 0. The molecule has 3 aromatic rings. The third-order valence-electron chi connectivity index (χ3n) is 3.60. The lowest BCUT2D eigenvalue weighted by atomic mass is 10.0. The number of benzene rings is 1. The minimum atomic E-state index is -0.216. The average Bonchev–Trinajstić information content (AvgIpc) is 2.57. The number of aromatic nitrogens is 2. The summed E-state index contributed by atoms with van der Waals surface area (Å²) in [6.07, 6.45) is 2.72. The van der Waals surface area contributed by atoms with Crippen LogP contribution in [0.4, 0.5) is 17.2 Å². The maximum absolute atomic E-state index is 12.1. The van der Waals surface area contributed by atoms with Gasteiger partial charge in [-0.25, -0.2) is 4.98 Å². The summed E-state index contributed by atoms with van der Waals surface area (Å²) in [5.74, 6) is 0.678. The second kappa shape index (κ2) is 6.37. The van der Waals surface area contributed by atoms with Crippen LogP contribution in [0.1, 0.15) is 11.3 Å². The molecular weight excluding hydrogens is 302 g/mol. The van der Waals surface area contributed by atoms with Gasteiger partial charge in [0.2, 0.25) is 0 Å². The van der Waals surface area contributed by atoms with E-state index in [0.29, 0.717) is 33.9 Å². The summed E-state index contributed by atoms with van der Waals surface area (Å²) in [4.78, 5) is 19.1. The van der Waals surface area contributed by atoms with Gasteiger partial charge in [-0.15, -0.1) is 0 Å². The quantitative estimate of drug-likeness (QED) is 0.554. The van der Waals surface area contributed by atoms with E-state index in [0.717, 1.165) is 5.69 Å². The van der Waals surface area contributed by atoms with Crippen molar-refractivity contribution in [1.82, 2.24) is 9.97 Å². The largest absolute Gasteiger partial charge is 0.398 e. The first kappa shape index (κ1) is 15.5. The molecule has 0 aliphatic rings. The first-order valence-corrected chi connectivity index (χ1v) is 7.40. The van der Waals surface area contributed by atoms with Crippen LogP contribution < -0.4 is 16.6 Å². The predicted molar refractivity (Wildman–Crippen MR) is 97.1 cm³/mol. The van der Waals surface area contributed by atoms with Crippen LogP contribution in [0, 0.1) is 12.3 Å². The van der Waals surface area contributed by atoms with E-state index in [4.69, 9.17) is 11.1 Å². The summed E-state index contributed by atoms with van der Waals surface area (Å²) in [5, 5.41) is 10.8. The minimum absolute atomic E-state index is 0.216. The van der Waals surface area contributed by atoms with Gasteiger partial charge < -0.3 is 21.4 Å². The van der Waals surface area contributed by atoms with Gasteiger partial charge in [-0.3, -0.25) is 4.79 Å². The summed E-state index contributed by atoms with van der Waals surface area (Å²) in [7, 11) is 0. The lowest BCUT2D eigenvalue weighted by Crippen LogP contribution is -2.09. The van der Waals surface area contributed by atoms with Gasteiger partial charge in [0.05, 0.1) is 0 Å². The molecule has 0 unspecified atom stereocenters. The monoisotopic (exact) mass is 319 g/mol. The molecule has 0 saturated heterocycles. The van der Waals surface area contributed by atoms with Crippen LogP contribution in [0.15, 0.2) is 53.5 Å². The Bertz CT molecular complexity index is 962. The molecule has 0 saturated carbocycles. The fourth-order valence-corrected chi connectivity index (χ4v) is 2.42. The zero-order valence-electron chi connectivity index (χ0n) is 13.1. The number of nitrogens with zero attached hydrogens (tertiary/aromatic N) is 1. The van der Waals surface area contributed by atoms with Crippen molar-refractivity contribution < 1.29 is 0 Å². The standard InChI is InChI=1S/C18H17N5O/c1-11-3-2-4-17(22-11)23-16-7-12(5-6-13(16)9-19)15-8-14(20)10-21-18(15)24/h2-10,19H,20H2,1H3,(H,21,24)(H,22,23). The first-order valence-electron chi connectivity index (χ1n) is 7.40. The highest BCUT2D eigenvalue weighted by Crippen LogP contribution is 2.26. The van der Waals surface area contributed by atoms with Crippen LogP contribution in [0.3, 0.4) is 0 Å². The molecule has 3 rings (SSSR count). The lowest BCUT2D eigenvalue weighted by Gasteiger charge is -2.11.